The number of benzene rings is 2. The first-order valence-corrected chi connectivity index (χ1v) is 10.4. The van der Waals surface area contributed by atoms with Crippen molar-refractivity contribution in [1.82, 2.24) is 24.6 Å². The van der Waals surface area contributed by atoms with E-state index in [1.54, 1.807) is 29.2 Å². The maximum absolute atomic E-state index is 14.4. The first-order valence-electron chi connectivity index (χ1n) is 10.4. The second-order valence-corrected chi connectivity index (χ2v) is 7.63. The van der Waals surface area contributed by atoms with Crippen LogP contribution in [0.4, 0.5) is 20.3 Å². The SMILES string of the molecule is O=C(c1ccc(Nc2nc(-c3c(F)cccc3F)n3cc[nH]c(=O)c23)cc1)N1CCNCC1. The minimum atomic E-state index is -0.787. The molecule has 10 heteroatoms. The Balaban J connectivity index is 1.50. The van der Waals surface area contributed by atoms with Gasteiger partial charge in [-0.3, -0.25) is 14.0 Å². The highest BCUT2D eigenvalue weighted by Gasteiger charge is 2.22. The molecule has 1 fully saturated rings. The molecule has 0 spiro atoms. The summed E-state index contributed by atoms with van der Waals surface area (Å²) in [6.45, 7) is 2.83. The Morgan fingerprint density at radius 1 is 1.03 bits per heavy atom. The number of nitrogens with zero attached hydrogens (tertiary/aromatic N) is 3. The van der Waals surface area contributed by atoms with E-state index < -0.39 is 17.2 Å². The number of aromatic nitrogens is 3. The summed E-state index contributed by atoms with van der Waals surface area (Å²) >= 11 is 0. The summed E-state index contributed by atoms with van der Waals surface area (Å²) in [6, 6.07) is 10.3. The molecule has 1 aliphatic rings. The van der Waals surface area contributed by atoms with Crippen molar-refractivity contribution in [2.45, 2.75) is 0 Å². The third kappa shape index (κ3) is 3.85. The molecular formula is C23H20F2N6O2. The van der Waals surface area contributed by atoms with Gasteiger partial charge in [-0.25, -0.2) is 13.8 Å². The normalized spacial score (nSPS) is 13.9. The molecule has 4 aromatic rings. The maximum atomic E-state index is 14.4. The molecule has 5 rings (SSSR count). The van der Waals surface area contributed by atoms with Gasteiger partial charge in [0.05, 0.1) is 5.56 Å². The van der Waals surface area contributed by atoms with Crippen LogP contribution in [0.1, 0.15) is 10.4 Å². The standard InChI is InChI=1S/C23H20F2N6O2/c24-16-2-1-3-17(25)18(16)21-29-20(19-22(32)27-10-13-31(19)21)28-15-6-4-14(5-7-15)23(33)30-11-8-26-9-12-30/h1-7,10,13,26,28H,8-9,11-12H2,(H,27,32). The van der Waals surface area contributed by atoms with Crippen LogP contribution in [-0.4, -0.2) is 51.4 Å². The van der Waals surface area contributed by atoms with Crippen molar-refractivity contribution in [3.05, 3.63) is 82.4 Å². The molecule has 168 valence electrons. The van der Waals surface area contributed by atoms with Gasteiger partial charge in [0.2, 0.25) is 0 Å². The van der Waals surface area contributed by atoms with Crippen molar-refractivity contribution in [1.29, 1.82) is 0 Å². The minimum absolute atomic E-state index is 0.0419. The number of anilines is 2. The average molecular weight is 450 g/mol. The van der Waals surface area contributed by atoms with Crippen LogP contribution in [-0.2, 0) is 0 Å². The van der Waals surface area contributed by atoms with E-state index in [2.05, 4.69) is 20.6 Å². The van der Waals surface area contributed by atoms with Crippen molar-refractivity contribution >= 4 is 22.9 Å². The van der Waals surface area contributed by atoms with E-state index in [1.807, 2.05) is 0 Å². The number of H-pyrrole nitrogens is 1. The van der Waals surface area contributed by atoms with Gasteiger partial charge in [0.25, 0.3) is 11.5 Å². The van der Waals surface area contributed by atoms with Gasteiger partial charge in [-0.15, -0.1) is 0 Å². The molecule has 1 amide bonds. The van der Waals surface area contributed by atoms with Crippen LogP contribution < -0.4 is 16.2 Å². The highest BCUT2D eigenvalue weighted by molar-refractivity contribution is 5.94. The van der Waals surface area contributed by atoms with Gasteiger partial charge < -0.3 is 20.5 Å². The molecule has 8 nitrogen and oxygen atoms in total. The third-order valence-corrected chi connectivity index (χ3v) is 5.55. The van der Waals surface area contributed by atoms with Crippen LogP contribution in [0.2, 0.25) is 0 Å². The number of rotatable bonds is 4. The number of imidazole rings is 1. The topological polar surface area (TPSA) is 94.5 Å². The van der Waals surface area contributed by atoms with E-state index in [4.69, 9.17) is 0 Å². The Morgan fingerprint density at radius 3 is 2.42 bits per heavy atom. The number of piperazine rings is 1. The summed E-state index contributed by atoms with van der Waals surface area (Å²) in [5.74, 6) is -1.53. The number of carbonyl (C=O) groups excluding carboxylic acids is 1. The fourth-order valence-electron chi connectivity index (χ4n) is 3.91. The fourth-order valence-corrected chi connectivity index (χ4v) is 3.91. The monoisotopic (exact) mass is 450 g/mol. The number of carbonyl (C=O) groups is 1. The van der Waals surface area contributed by atoms with E-state index in [9.17, 15) is 18.4 Å². The number of amides is 1. The minimum Gasteiger partial charge on any atom is -0.338 e. The Labute approximate surface area is 186 Å². The number of hydrogen-bond acceptors (Lipinski definition) is 5. The summed E-state index contributed by atoms with van der Waals surface area (Å²) in [4.78, 5) is 33.9. The lowest BCUT2D eigenvalue weighted by molar-refractivity contribution is 0.0736. The van der Waals surface area contributed by atoms with E-state index in [1.165, 1.54) is 22.9 Å². The van der Waals surface area contributed by atoms with Crippen LogP contribution >= 0.6 is 0 Å². The first-order chi connectivity index (χ1) is 16.0. The molecule has 0 aliphatic carbocycles. The molecule has 0 saturated carbocycles. The molecule has 1 saturated heterocycles. The van der Waals surface area contributed by atoms with Gasteiger partial charge in [-0.1, -0.05) is 6.07 Å². The number of fused-ring (bicyclic) bond motifs is 1. The fraction of sp³-hybridized carbons (Fsp3) is 0.174. The molecule has 2 aromatic heterocycles. The van der Waals surface area contributed by atoms with Crippen LogP contribution in [0.25, 0.3) is 16.9 Å². The summed E-state index contributed by atoms with van der Waals surface area (Å²) in [6.07, 6.45) is 2.85. The molecule has 33 heavy (non-hydrogen) atoms. The van der Waals surface area contributed by atoms with Crippen molar-refractivity contribution in [3.63, 3.8) is 0 Å². The van der Waals surface area contributed by atoms with Gasteiger partial charge in [0.15, 0.2) is 17.2 Å². The van der Waals surface area contributed by atoms with Crippen molar-refractivity contribution in [3.8, 4) is 11.4 Å². The highest BCUT2D eigenvalue weighted by atomic mass is 19.1. The van der Waals surface area contributed by atoms with Crippen molar-refractivity contribution in [2.24, 2.45) is 0 Å². The van der Waals surface area contributed by atoms with Crippen LogP contribution in [0.3, 0.4) is 0 Å². The lowest BCUT2D eigenvalue weighted by atomic mass is 10.1. The summed E-state index contributed by atoms with van der Waals surface area (Å²) in [5, 5.41) is 6.24. The molecule has 0 atom stereocenters. The third-order valence-electron chi connectivity index (χ3n) is 5.55. The predicted octanol–water partition coefficient (Wildman–Crippen LogP) is 2.76. The second kappa shape index (κ2) is 8.47. The Bertz CT molecular complexity index is 1370. The number of hydrogen-bond donors (Lipinski definition) is 3. The molecular weight excluding hydrogens is 430 g/mol. The summed E-state index contributed by atoms with van der Waals surface area (Å²) in [7, 11) is 0. The largest absolute Gasteiger partial charge is 0.338 e. The first kappa shape index (κ1) is 20.8. The average Bonchev–Trinajstić information content (AvgIpc) is 3.19. The Morgan fingerprint density at radius 2 is 1.73 bits per heavy atom. The molecule has 1 aliphatic heterocycles. The lowest BCUT2D eigenvalue weighted by Gasteiger charge is -2.27. The second-order valence-electron chi connectivity index (χ2n) is 7.63. The molecule has 0 radical (unpaired) electrons. The highest BCUT2D eigenvalue weighted by Crippen LogP contribution is 2.29. The van der Waals surface area contributed by atoms with Gasteiger partial charge in [0.1, 0.15) is 11.6 Å². The van der Waals surface area contributed by atoms with Crippen LogP contribution in [0, 0.1) is 11.6 Å². The molecule has 0 bridgehead atoms. The van der Waals surface area contributed by atoms with Crippen LogP contribution in [0.5, 0.6) is 0 Å². The Kier molecular flexibility index (Phi) is 5.35. The van der Waals surface area contributed by atoms with E-state index in [0.29, 0.717) is 24.3 Å². The number of halogens is 2. The van der Waals surface area contributed by atoms with E-state index in [0.717, 1.165) is 25.2 Å². The predicted molar refractivity (Wildman–Crippen MR) is 120 cm³/mol. The summed E-state index contributed by atoms with van der Waals surface area (Å²) in [5.41, 5.74) is 0.417. The zero-order valence-corrected chi connectivity index (χ0v) is 17.4. The quantitative estimate of drug-likeness (QED) is 0.445. The zero-order chi connectivity index (χ0) is 22.9. The molecule has 0 unspecified atom stereocenters. The zero-order valence-electron chi connectivity index (χ0n) is 17.4. The smallest absolute Gasteiger partial charge is 0.276 e. The molecule has 3 heterocycles. The van der Waals surface area contributed by atoms with E-state index in [-0.39, 0.29) is 28.6 Å². The lowest BCUT2D eigenvalue weighted by Crippen LogP contribution is -2.46. The van der Waals surface area contributed by atoms with Gasteiger partial charge in [-0.05, 0) is 36.4 Å². The number of aromatic amines is 1. The number of nitrogens with one attached hydrogen (secondary N) is 3. The van der Waals surface area contributed by atoms with Crippen molar-refractivity contribution < 1.29 is 13.6 Å². The van der Waals surface area contributed by atoms with Gasteiger partial charge >= 0.3 is 0 Å². The van der Waals surface area contributed by atoms with E-state index >= 15 is 0 Å². The molecule has 2 aromatic carbocycles. The van der Waals surface area contributed by atoms with Crippen molar-refractivity contribution in [2.75, 3.05) is 31.5 Å². The summed E-state index contributed by atoms with van der Waals surface area (Å²) < 4.78 is 30.2. The van der Waals surface area contributed by atoms with Gasteiger partial charge in [0, 0.05) is 49.8 Å². The van der Waals surface area contributed by atoms with Crippen LogP contribution in [0.15, 0.2) is 59.7 Å². The molecule has 3 N–H and O–H groups in total. The Hall–Kier alpha value is -4.05. The maximum Gasteiger partial charge on any atom is 0.276 e. The van der Waals surface area contributed by atoms with Gasteiger partial charge in [-0.2, -0.15) is 0 Å².